The Bertz CT molecular complexity index is 1000. The van der Waals surface area contributed by atoms with Crippen LogP contribution < -0.4 is 0 Å². The topological polar surface area (TPSA) is 71.8 Å². The fourth-order valence-electron chi connectivity index (χ4n) is 2.79. The normalized spacial score (nSPS) is 11.4. The van der Waals surface area contributed by atoms with Gasteiger partial charge in [-0.25, -0.2) is 0 Å². The standard InChI is InChI=1S/C20H17N3O2/c1-13-9-17(15(3)23(13)19-10-14(2)25-22-19)11-18(12-21)20(24)16-7-5-4-6-8-16/h4-11H,1-3H3/b18-11+. The van der Waals surface area contributed by atoms with Gasteiger partial charge < -0.3 is 4.52 Å². The van der Waals surface area contributed by atoms with E-state index in [-0.39, 0.29) is 11.4 Å². The van der Waals surface area contributed by atoms with Gasteiger partial charge in [-0.3, -0.25) is 9.36 Å². The van der Waals surface area contributed by atoms with Crippen LogP contribution in [0, 0.1) is 32.1 Å². The first-order chi connectivity index (χ1) is 12.0. The molecule has 0 amide bonds. The van der Waals surface area contributed by atoms with Crippen molar-refractivity contribution >= 4 is 11.9 Å². The minimum Gasteiger partial charge on any atom is -0.360 e. The SMILES string of the molecule is Cc1cc(-n2c(C)cc(/C=C(\C#N)C(=O)c3ccccc3)c2C)no1. The van der Waals surface area contributed by atoms with Crippen LogP contribution in [0.5, 0.6) is 0 Å². The lowest BCUT2D eigenvalue weighted by atomic mass is 10.0. The minimum absolute atomic E-state index is 0.0998. The Labute approximate surface area is 145 Å². The molecule has 2 heterocycles. The molecule has 0 atom stereocenters. The molecular formula is C20H17N3O2. The number of nitrogens with zero attached hydrogens (tertiary/aromatic N) is 3. The third-order valence-electron chi connectivity index (χ3n) is 4.02. The molecule has 3 aromatic rings. The van der Waals surface area contributed by atoms with Crippen LogP contribution in [-0.4, -0.2) is 15.5 Å². The van der Waals surface area contributed by atoms with Crippen molar-refractivity contribution in [3.05, 3.63) is 76.3 Å². The van der Waals surface area contributed by atoms with Gasteiger partial charge in [0, 0.05) is 23.0 Å². The Morgan fingerprint density at radius 2 is 1.92 bits per heavy atom. The molecule has 0 fully saturated rings. The van der Waals surface area contributed by atoms with Crippen molar-refractivity contribution in [1.29, 1.82) is 5.26 Å². The zero-order valence-corrected chi connectivity index (χ0v) is 14.3. The second-order valence-electron chi connectivity index (χ2n) is 5.82. The molecule has 0 N–H and O–H groups in total. The number of ketones is 1. The molecule has 5 nitrogen and oxygen atoms in total. The largest absolute Gasteiger partial charge is 0.360 e. The van der Waals surface area contributed by atoms with Crippen LogP contribution in [0.25, 0.3) is 11.9 Å². The van der Waals surface area contributed by atoms with Crippen LogP contribution in [0.15, 0.2) is 52.6 Å². The molecule has 124 valence electrons. The van der Waals surface area contributed by atoms with Gasteiger partial charge in [0.2, 0.25) is 5.78 Å². The molecule has 0 aliphatic rings. The van der Waals surface area contributed by atoms with E-state index in [4.69, 9.17) is 4.52 Å². The van der Waals surface area contributed by atoms with Gasteiger partial charge in [-0.05, 0) is 38.5 Å². The Morgan fingerprint density at radius 1 is 1.20 bits per heavy atom. The number of allylic oxidation sites excluding steroid dienone is 1. The monoisotopic (exact) mass is 331 g/mol. The van der Waals surface area contributed by atoms with Gasteiger partial charge in [0.1, 0.15) is 17.4 Å². The van der Waals surface area contributed by atoms with E-state index in [9.17, 15) is 10.1 Å². The van der Waals surface area contributed by atoms with E-state index in [1.54, 1.807) is 30.3 Å². The van der Waals surface area contributed by atoms with E-state index in [1.165, 1.54) is 0 Å². The molecule has 0 aliphatic carbocycles. The van der Waals surface area contributed by atoms with Gasteiger partial charge in [-0.2, -0.15) is 5.26 Å². The maximum Gasteiger partial charge on any atom is 0.203 e. The van der Waals surface area contributed by atoms with Crippen molar-refractivity contribution in [3.63, 3.8) is 0 Å². The summed E-state index contributed by atoms with van der Waals surface area (Å²) < 4.78 is 7.08. The fourth-order valence-corrected chi connectivity index (χ4v) is 2.79. The molecule has 3 rings (SSSR count). The van der Waals surface area contributed by atoms with Crippen LogP contribution in [0.4, 0.5) is 0 Å². The highest BCUT2D eigenvalue weighted by molar-refractivity contribution is 6.14. The molecule has 2 aromatic heterocycles. The number of nitriles is 1. The smallest absolute Gasteiger partial charge is 0.203 e. The van der Waals surface area contributed by atoms with E-state index in [0.717, 1.165) is 22.7 Å². The number of rotatable bonds is 4. The lowest BCUT2D eigenvalue weighted by Gasteiger charge is -2.04. The van der Waals surface area contributed by atoms with Crippen molar-refractivity contribution in [1.82, 2.24) is 9.72 Å². The van der Waals surface area contributed by atoms with Crippen molar-refractivity contribution < 1.29 is 9.32 Å². The van der Waals surface area contributed by atoms with Crippen LogP contribution in [0.3, 0.4) is 0 Å². The summed E-state index contributed by atoms with van der Waals surface area (Å²) in [4.78, 5) is 12.5. The predicted molar refractivity (Wildman–Crippen MR) is 94.4 cm³/mol. The van der Waals surface area contributed by atoms with E-state index in [2.05, 4.69) is 5.16 Å². The molecule has 25 heavy (non-hydrogen) atoms. The highest BCUT2D eigenvalue weighted by Gasteiger charge is 2.16. The first kappa shape index (κ1) is 16.5. The number of aromatic nitrogens is 2. The molecule has 5 heteroatoms. The summed E-state index contributed by atoms with van der Waals surface area (Å²) in [5.74, 6) is 1.11. The Hall–Kier alpha value is -3.39. The number of aryl methyl sites for hydroxylation is 2. The zero-order valence-electron chi connectivity index (χ0n) is 14.3. The Kier molecular flexibility index (Phi) is 4.36. The number of benzene rings is 1. The second kappa shape index (κ2) is 6.62. The molecule has 0 spiro atoms. The lowest BCUT2D eigenvalue weighted by Crippen LogP contribution is -2.02. The van der Waals surface area contributed by atoms with Gasteiger partial charge in [-0.15, -0.1) is 0 Å². The summed E-state index contributed by atoms with van der Waals surface area (Å²) in [5, 5.41) is 13.5. The highest BCUT2D eigenvalue weighted by Crippen LogP contribution is 2.23. The molecule has 0 saturated carbocycles. The molecule has 0 aliphatic heterocycles. The van der Waals surface area contributed by atoms with Gasteiger partial charge in [0.05, 0.1) is 0 Å². The van der Waals surface area contributed by atoms with E-state index < -0.39 is 0 Å². The van der Waals surface area contributed by atoms with Gasteiger partial charge in [0.25, 0.3) is 0 Å². The predicted octanol–water partition coefficient (Wildman–Crippen LogP) is 4.18. The number of hydrogen-bond donors (Lipinski definition) is 0. The summed E-state index contributed by atoms with van der Waals surface area (Å²) in [5.41, 5.74) is 3.24. The number of hydrogen-bond acceptors (Lipinski definition) is 4. The zero-order chi connectivity index (χ0) is 18.0. The lowest BCUT2D eigenvalue weighted by molar-refractivity contribution is 0.104. The van der Waals surface area contributed by atoms with Crippen LogP contribution in [0.2, 0.25) is 0 Å². The average Bonchev–Trinajstić information content (AvgIpc) is 3.15. The van der Waals surface area contributed by atoms with Crippen molar-refractivity contribution in [2.24, 2.45) is 0 Å². The summed E-state index contributed by atoms with van der Waals surface area (Å²) in [6.07, 6.45) is 1.63. The molecule has 1 aromatic carbocycles. The summed E-state index contributed by atoms with van der Waals surface area (Å²) in [6, 6.07) is 14.6. The van der Waals surface area contributed by atoms with Crippen LogP contribution >= 0.6 is 0 Å². The van der Waals surface area contributed by atoms with Gasteiger partial charge in [-0.1, -0.05) is 35.5 Å². The Balaban J connectivity index is 2.03. The summed E-state index contributed by atoms with van der Waals surface area (Å²) in [6.45, 7) is 5.70. The maximum atomic E-state index is 12.5. The third kappa shape index (κ3) is 3.15. The minimum atomic E-state index is -0.287. The first-order valence-corrected chi connectivity index (χ1v) is 7.85. The van der Waals surface area contributed by atoms with Crippen molar-refractivity contribution in [3.8, 4) is 11.9 Å². The third-order valence-corrected chi connectivity index (χ3v) is 4.02. The number of Topliss-reactive ketones (excluding diaryl/α,β-unsaturated/α-hetero) is 1. The molecular weight excluding hydrogens is 314 g/mol. The van der Waals surface area contributed by atoms with E-state index in [0.29, 0.717) is 11.4 Å². The van der Waals surface area contributed by atoms with E-state index >= 15 is 0 Å². The van der Waals surface area contributed by atoms with Crippen molar-refractivity contribution in [2.45, 2.75) is 20.8 Å². The second-order valence-corrected chi connectivity index (χ2v) is 5.82. The fraction of sp³-hybridized carbons (Fsp3) is 0.150. The van der Waals surface area contributed by atoms with Crippen LogP contribution in [-0.2, 0) is 0 Å². The van der Waals surface area contributed by atoms with E-state index in [1.807, 2.05) is 49.6 Å². The number of carbonyl (C=O) groups excluding carboxylic acids is 1. The summed E-state index contributed by atoms with van der Waals surface area (Å²) >= 11 is 0. The molecule has 0 saturated heterocycles. The molecule has 0 unspecified atom stereocenters. The first-order valence-electron chi connectivity index (χ1n) is 7.85. The van der Waals surface area contributed by atoms with Gasteiger partial charge >= 0.3 is 0 Å². The van der Waals surface area contributed by atoms with Crippen LogP contribution in [0.1, 0.15) is 33.1 Å². The molecule has 0 radical (unpaired) electrons. The summed E-state index contributed by atoms with van der Waals surface area (Å²) in [7, 11) is 0. The quantitative estimate of drug-likeness (QED) is 0.408. The maximum absolute atomic E-state index is 12.5. The van der Waals surface area contributed by atoms with Crippen molar-refractivity contribution in [2.75, 3.05) is 0 Å². The highest BCUT2D eigenvalue weighted by atomic mass is 16.5. The molecule has 0 bridgehead atoms. The Morgan fingerprint density at radius 3 is 2.52 bits per heavy atom. The van der Waals surface area contributed by atoms with Gasteiger partial charge in [0.15, 0.2) is 5.82 Å². The number of carbonyl (C=O) groups is 1. The average molecular weight is 331 g/mol.